The van der Waals surface area contributed by atoms with Gasteiger partial charge in [-0.05, 0) is 79.2 Å². The number of benzene rings is 2. The van der Waals surface area contributed by atoms with Crippen LogP contribution in [-0.4, -0.2) is 33.8 Å². The molecule has 33 heavy (non-hydrogen) atoms. The van der Waals surface area contributed by atoms with E-state index in [0.29, 0.717) is 17.2 Å². The minimum atomic E-state index is -0.632. The molecule has 7 nitrogen and oxygen atoms in total. The predicted molar refractivity (Wildman–Crippen MR) is 123 cm³/mol. The van der Waals surface area contributed by atoms with Gasteiger partial charge >= 0.3 is 5.97 Å². The standard InChI is InChI=1S/C26H28N4O3/c1-16-28-24(23(27)31)29-30(16)22-9-5-18(6-10-22)11-17-3-7-19(8-4-17)20-12-26(13-20)14-21(15-26)25(32)33-2/h3-10,20-21H,11-15H2,1-2H3,(H2,27,31). The first-order valence-electron chi connectivity index (χ1n) is 11.4. The van der Waals surface area contributed by atoms with Crippen molar-refractivity contribution in [2.75, 3.05) is 7.11 Å². The normalized spacial score (nSPS) is 23.6. The van der Waals surface area contributed by atoms with Crippen LogP contribution in [0, 0.1) is 18.3 Å². The molecule has 0 radical (unpaired) electrons. The highest BCUT2D eigenvalue weighted by atomic mass is 16.5. The number of esters is 1. The number of amides is 1. The molecule has 2 aliphatic rings. The number of rotatable bonds is 6. The molecular formula is C26H28N4O3. The maximum absolute atomic E-state index is 11.6. The molecule has 2 aromatic carbocycles. The molecule has 7 heteroatoms. The second-order valence-corrected chi connectivity index (χ2v) is 9.58. The van der Waals surface area contributed by atoms with E-state index in [4.69, 9.17) is 10.5 Å². The Labute approximate surface area is 193 Å². The molecule has 2 aliphatic carbocycles. The molecule has 3 aromatic rings. The van der Waals surface area contributed by atoms with Crippen LogP contribution in [0.15, 0.2) is 48.5 Å². The largest absolute Gasteiger partial charge is 0.469 e. The Morgan fingerprint density at radius 3 is 2.18 bits per heavy atom. The molecule has 2 saturated carbocycles. The summed E-state index contributed by atoms with van der Waals surface area (Å²) in [7, 11) is 1.48. The quantitative estimate of drug-likeness (QED) is 0.584. The van der Waals surface area contributed by atoms with E-state index in [-0.39, 0.29) is 17.7 Å². The molecule has 0 bridgehead atoms. The van der Waals surface area contributed by atoms with E-state index in [1.54, 1.807) is 11.6 Å². The number of carbonyl (C=O) groups is 2. The van der Waals surface area contributed by atoms with E-state index in [0.717, 1.165) is 24.9 Å². The maximum atomic E-state index is 11.6. The molecule has 1 aromatic heterocycles. The first-order valence-corrected chi connectivity index (χ1v) is 11.4. The zero-order chi connectivity index (χ0) is 23.2. The van der Waals surface area contributed by atoms with Gasteiger partial charge in [-0.15, -0.1) is 5.10 Å². The zero-order valence-electron chi connectivity index (χ0n) is 19.0. The van der Waals surface area contributed by atoms with Crippen molar-refractivity contribution in [3.63, 3.8) is 0 Å². The first-order chi connectivity index (χ1) is 15.9. The second kappa shape index (κ2) is 8.14. The fourth-order valence-corrected chi connectivity index (χ4v) is 5.51. The Morgan fingerprint density at radius 1 is 1.03 bits per heavy atom. The van der Waals surface area contributed by atoms with Crippen molar-refractivity contribution in [2.45, 2.75) is 44.9 Å². The number of primary amides is 1. The molecule has 0 saturated heterocycles. The molecule has 1 heterocycles. The van der Waals surface area contributed by atoms with Gasteiger partial charge in [-0.2, -0.15) is 0 Å². The lowest BCUT2D eigenvalue weighted by molar-refractivity contribution is -0.159. The number of hydrogen-bond acceptors (Lipinski definition) is 5. The van der Waals surface area contributed by atoms with Gasteiger partial charge in [0.2, 0.25) is 5.82 Å². The van der Waals surface area contributed by atoms with Crippen LogP contribution in [0.2, 0.25) is 0 Å². The fraction of sp³-hybridized carbons (Fsp3) is 0.385. The van der Waals surface area contributed by atoms with E-state index < -0.39 is 5.91 Å². The van der Waals surface area contributed by atoms with Crippen molar-refractivity contribution in [3.05, 3.63) is 76.9 Å². The van der Waals surface area contributed by atoms with Crippen molar-refractivity contribution >= 4 is 11.9 Å². The summed E-state index contributed by atoms with van der Waals surface area (Å²) >= 11 is 0. The lowest BCUT2D eigenvalue weighted by Crippen LogP contribution is -2.49. The second-order valence-electron chi connectivity index (χ2n) is 9.58. The minimum Gasteiger partial charge on any atom is -0.469 e. The smallest absolute Gasteiger partial charge is 0.308 e. The Kier molecular flexibility index (Phi) is 5.27. The molecule has 1 spiro atoms. The Hall–Kier alpha value is -3.48. The van der Waals surface area contributed by atoms with Gasteiger partial charge < -0.3 is 10.5 Å². The number of carbonyl (C=O) groups excluding carboxylic acids is 2. The predicted octanol–water partition coefficient (Wildman–Crippen LogP) is 3.71. The van der Waals surface area contributed by atoms with Crippen molar-refractivity contribution in [1.29, 1.82) is 0 Å². The van der Waals surface area contributed by atoms with E-state index in [2.05, 4.69) is 46.5 Å². The zero-order valence-corrected chi connectivity index (χ0v) is 19.0. The number of nitrogens with two attached hydrogens (primary N) is 1. The average Bonchev–Trinajstić information content (AvgIpc) is 3.15. The number of nitrogens with zero attached hydrogens (tertiary/aromatic N) is 3. The van der Waals surface area contributed by atoms with Gasteiger partial charge in [0.1, 0.15) is 5.82 Å². The van der Waals surface area contributed by atoms with E-state index >= 15 is 0 Å². The topological polar surface area (TPSA) is 100 Å². The van der Waals surface area contributed by atoms with E-state index in [9.17, 15) is 9.59 Å². The van der Waals surface area contributed by atoms with Crippen LogP contribution in [0.1, 0.15) is 64.7 Å². The Balaban J connectivity index is 1.18. The molecule has 1 amide bonds. The van der Waals surface area contributed by atoms with Crippen LogP contribution in [0.5, 0.6) is 0 Å². The summed E-state index contributed by atoms with van der Waals surface area (Å²) in [5.41, 5.74) is 10.4. The fourth-order valence-electron chi connectivity index (χ4n) is 5.51. The van der Waals surface area contributed by atoms with Gasteiger partial charge in [0, 0.05) is 0 Å². The molecule has 0 aliphatic heterocycles. The third-order valence-corrected chi connectivity index (χ3v) is 7.28. The number of ether oxygens (including phenoxy) is 1. The first kappa shape index (κ1) is 21.4. The number of hydrogen-bond donors (Lipinski definition) is 1. The molecule has 2 N–H and O–H groups in total. The van der Waals surface area contributed by atoms with Gasteiger partial charge in [-0.25, -0.2) is 9.67 Å². The highest BCUT2D eigenvalue weighted by Crippen LogP contribution is 2.64. The lowest BCUT2D eigenvalue weighted by atomic mass is 9.47. The minimum absolute atomic E-state index is 0.0228. The molecule has 0 atom stereocenters. The van der Waals surface area contributed by atoms with Crippen LogP contribution >= 0.6 is 0 Å². The van der Waals surface area contributed by atoms with E-state index in [1.165, 1.54) is 36.6 Å². The Bertz CT molecular complexity index is 1180. The summed E-state index contributed by atoms with van der Waals surface area (Å²) in [4.78, 5) is 27.1. The van der Waals surface area contributed by atoms with Gasteiger partial charge in [-0.3, -0.25) is 9.59 Å². The summed E-state index contributed by atoms with van der Waals surface area (Å²) in [6, 6.07) is 17.0. The van der Waals surface area contributed by atoms with Crippen LogP contribution in [0.3, 0.4) is 0 Å². The van der Waals surface area contributed by atoms with Crippen LogP contribution in [0.25, 0.3) is 5.69 Å². The summed E-state index contributed by atoms with van der Waals surface area (Å²) in [6.07, 6.45) is 5.18. The van der Waals surface area contributed by atoms with E-state index in [1.807, 2.05) is 12.1 Å². The van der Waals surface area contributed by atoms with Crippen LogP contribution in [-0.2, 0) is 16.0 Å². The number of methoxy groups -OCH3 is 1. The number of aryl methyl sites for hydroxylation is 1. The summed E-state index contributed by atoms with van der Waals surface area (Å²) in [5, 5.41) is 4.18. The third kappa shape index (κ3) is 4.03. The highest BCUT2D eigenvalue weighted by Gasteiger charge is 2.55. The van der Waals surface area contributed by atoms with Crippen LogP contribution < -0.4 is 5.73 Å². The summed E-state index contributed by atoms with van der Waals surface area (Å²) in [6.45, 7) is 1.79. The summed E-state index contributed by atoms with van der Waals surface area (Å²) < 4.78 is 6.49. The average molecular weight is 445 g/mol. The maximum Gasteiger partial charge on any atom is 0.308 e. The monoisotopic (exact) mass is 444 g/mol. The molecule has 5 rings (SSSR count). The van der Waals surface area contributed by atoms with Gasteiger partial charge in [0.05, 0.1) is 18.7 Å². The SMILES string of the molecule is COC(=O)C1CC2(C1)CC(c1ccc(Cc3ccc(-n4nc(C(N)=O)nc4C)cc3)cc1)C2. The van der Waals surface area contributed by atoms with Gasteiger partial charge in [0.15, 0.2) is 0 Å². The van der Waals surface area contributed by atoms with Crippen molar-refractivity contribution in [3.8, 4) is 5.69 Å². The van der Waals surface area contributed by atoms with Crippen LogP contribution in [0.4, 0.5) is 0 Å². The third-order valence-electron chi connectivity index (χ3n) is 7.28. The highest BCUT2D eigenvalue weighted by molar-refractivity contribution is 5.88. The molecule has 0 unspecified atom stereocenters. The van der Waals surface area contributed by atoms with Crippen molar-refractivity contribution in [2.24, 2.45) is 17.1 Å². The molecule has 2 fully saturated rings. The lowest BCUT2D eigenvalue weighted by Gasteiger charge is -2.57. The Morgan fingerprint density at radius 2 is 1.64 bits per heavy atom. The molecule has 170 valence electrons. The van der Waals surface area contributed by atoms with Gasteiger partial charge in [-0.1, -0.05) is 36.4 Å². The van der Waals surface area contributed by atoms with Gasteiger partial charge in [0.25, 0.3) is 5.91 Å². The number of aromatic nitrogens is 3. The molecular weight excluding hydrogens is 416 g/mol. The summed E-state index contributed by atoms with van der Waals surface area (Å²) in [5.74, 6) is 0.680. The van der Waals surface area contributed by atoms with Crippen molar-refractivity contribution in [1.82, 2.24) is 14.8 Å². The van der Waals surface area contributed by atoms with Crippen molar-refractivity contribution < 1.29 is 14.3 Å².